The fourth-order valence-corrected chi connectivity index (χ4v) is 2.71. The lowest BCUT2D eigenvalue weighted by Gasteiger charge is -2.14. The SMILES string of the molecule is CCCCN1Cc2c(ccc(OCCCC(=O)O)c2Cl)C1=O. The zero-order valence-corrected chi connectivity index (χ0v) is 13.4. The van der Waals surface area contributed by atoms with Crippen LogP contribution in [-0.4, -0.2) is 35.0 Å². The molecule has 0 bridgehead atoms. The molecule has 0 saturated carbocycles. The standard InChI is InChI=1S/C16H20ClNO4/c1-2-3-8-18-10-12-11(16(18)21)6-7-13(15(12)17)22-9-4-5-14(19)20/h6-7H,2-5,8-10H2,1H3,(H,19,20). The second-order valence-electron chi connectivity index (χ2n) is 5.33. The van der Waals surface area contributed by atoms with Crippen LogP contribution in [0.2, 0.25) is 5.02 Å². The molecule has 5 nitrogen and oxygen atoms in total. The Morgan fingerprint density at radius 3 is 2.86 bits per heavy atom. The number of amides is 1. The lowest BCUT2D eigenvalue weighted by atomic mass is 10.1. The van der Waals surface area contributed by atoms with E-state index < -0.39 is 5.97 Å². The number of carbonyl (C=O) groups is 2. The van der Waals surface area contributed by atoms with E-state index in [1.165, 1.54) is 0 Å². The summed E-state index contributed by atoms with van der Waals surface area (Å²) in [5.41, 5.74) is 1.44. The van der Waals surface area contributed by atoms with Crippen LogP contribution in [0.3, 0.4) is 0 Å². The van der Waals surface area contributed by atoms with Crippen LogP contribution in [-0.2, 0) is 11.3 Å². The molecule has 1 aromatic rings. The third-order valence-electron chi connectivity index (χ3n) is 3.65. The number of carbonyl (C=O) groups excluding carboxylic acids is 1. The maximum Gasteiger partial charge on any atom is 0.303 e. The molecule has 0 spiro atoms. The van der Waals surface area contributed by atoms with E-state index in [2.05, 4.69) is 6.92 Å². The first-order valence-electron chi connectivity index (χ1n) is 7.49. The maximum absolute atomic E-state index is 12.3. The number of ether oxygens (including phenoxy) is 1. The van der Waals surface area contributed by atoms with Crippen molar-refractivity contribution in [2.24, 2.45) is 0 Å². The molecule has 1 N–H and O–H groups in total. The van der Waals surface area contributed by atoms with Crippen molar-refractivity contribution in [3.8, 4) is 5.75 Å². The normalized spacial score (nSPS) is 13.4. The Balaban J connectivity index is 2.03. The van der Waals surface area contributed by atoms with Crippen molar-refractivity contribution in [1.29, 1.82) is 0 Å². The molecule has 0 unspecified atom stereocenters. The molecular weight excluding hydrogens is 306 g/mol. The van der Waals surface area contributed by atoms with Crippen LogP contribution >= 0.6 is 11.6 Å². The van der Waals surface area contributed by atoms with Crippen molar-refractivity contribution >= 4 is 23.5 Å². The number of fused-ring (bicyclic) bond motifs is 1. The summed E-state index contributed by atoms with van der Waals surface area (Å²) >= 11 is 6.34. The van der Waals surface area contributed by atoms with Gasteiger partial charge in [0.15, 0.2) is 0 Å². The number of halogens is 1. The van der Waals surface area contributed by atoms with Gasteiger partial charge < -0.3 is 14.7 Å². The van der Waals surface area contributed by atoms with E-state index in [1.54, 1.807) is 17.0 Å². The van der Waals surface area contributed by atoms with Crippen molar-refractivity contribution in [3.05, 3.63) is 28.3 Å². The molecule has 1 amide bonds. The van der Waals surface area contributed by atoms with E-state index in [4.69, 9.17) is 21.4 Å². The van der Waals surface area contributed by atoms with E-state index in [9.17, 15) is 9.59 Å². The molecule has 120 valence electrons. The summed E-state index contributed by atoms with van der Waals surface area (Å²) in [6.07, 6.45) is 2.48. The predicted molar refractivity (Wildman–Crippen MR) is 83.5 cm³/mol. The monoisotopic (exact) mass is 325 g/mol. The smallest absolute Gasteiger partial charge is 0.303 e. The third-order valence-corrected chi connectivity index (χ3v) is 4.06. The molecule has 0 saturated heterocycles. The van der Waals surface area contributed by atoms with Crippen molar-refractivity contribution in [3.63, 3.8) is 0 Å². The quantitative estimate of drug-likeness (QED) is 0.744. The Labute approximate surface area is 134 Å². The van der Waals surface area contributed by atoms with Crippen LogP contribution in [0.5, 0.6) is 5.75 Å². The number of carboxylic acids is 1. The van der Waals surface area contributed by atoms with Crippen LogP contribution in [0.4, 0.5) is 0 Å². The third kappa shape index (κ3) is 3.71. The fourth-order valence-electron chi connectivity index (χ4n) is 2.43. The molecule has 1 heterocycles. The van der Waals surface area contributed by atoms with Crippen molar-refractivity contribution in [2.45, 2.75) is 39.2 Å². The number of benzene rings is 1. The molecule has 0 fully saturated rings. The molecule has 2 rings (SSSR count). The molecule has 0 atom stereocenters. The van der Waals surface area contributed by atoms with Crippen LogP contribution in [0.25, 0.3) is 0 Å². The van der Waals surface area contributed by atoms with Gasteiger partial charge in [0.1, 0.15) is 5.75 Å². The number of unbranched alkanes of at least 4 members (excludes halogenated alkanes) is 1. The van der Waals surface area contributed by atoms with Gasteiger partial charge in [-0.1, -0.05) is 24.9 Å². The average Bonchev–Trinajstić information content (AvgIpc) is 2.81. The summed E-state index contributed by atoms with van der Waals surface area (Å²) in [7, 11) is 0. The molecule has 1 aliphatic heterocycles. The number of carboxylic acid groups (broad SMARTS) is 1. The Morgan fingerprint density at radius 1 is 1.41 bits per heavy atom. The molecule has 0 aromatic heterocycles. The molecule has 1 aromatic carbocycles. The number of rotatable bonds is 8. The van der Waals surface area contributed by atoms with Gasteiger partial charge in [0.25, 0.3) is 5.91 Å². The zero-order valence-electron chi connectivity index (χ0n) is 12.6. The van der Waals surface area contributed by atoms with Gasteiger partial charge in [-0.3, -0.25) is 9.59 Å². The summed E-state index contributed by atoms with van der Waals surface area (Å²) in [5, 5.41) is 9.06. The summed E-state index contributed by atoms with van der Waals surface area (Å²) in [6.45, 7) is 3.62. The second kappa shape index (κ2) is 7.49. The highest BCUT2D eigenvalue weighted by molar-refractivity contribution is 6.33. The highest BCUT2D eigenvalue weighted by atomic mass is 35.5. The van der Waals surface area contributed by atoms with E-state index in [0.29, 0.717) is 29.3 Å². The second-order valence-corrected chi connectivity index (χ2v) is 5.71. The number of aliphatic carboxylic acids is 1. The molecular formula is C16H20ClNO4. The van der Waals surface area contributed by atoms with E-state index >= 15 is 0 Å². The first-order chi connectivity index (χ1) is 10.5. The highest BCUT2D eigenvalue weighted by Gasteiger charge is 2.30. The van der Waals surface area contributed by atoms with Gasteiger partial charge in [0.05, 0.1) is 11.6 Å². The number of hydrogen-bond donors (Lipinski definition) is 1. The Kier molecular flexibility index (Phi) is 5.66. The molecule has 0 radical (unpaired) electrons. The van der Waals surface area contributed by atoms with Crippen molar-refractivity contribution < 1.29 is 19.4 Å². The molecule has 22 heavy (non-hydrogen) atoms. The minimum absolute atomic E-state index is 0.0165. The van der Waals surface area contributed by atoms with Crippen LogP contribution < -0.4 is 4.74 Å². The minimum atomic E-state index is -0.846. The van der Waals surface area contributed by atoms with Crippen LogP contribution in [0.15, 0.2) is 12.1 Å². The first-order valence-corrected chi connectivity index (χ1v) is 7.87. The molecule has 0 aliphatic carbocycles. The summed E-state index contributed by atoms with van der Waals surface area (Å²) in [4.78, 5) is 24.5. The van der Waals surface area contributed by atoms with Gasteiger partial charge in [-0.2, -0.15) is 0 Å². The average molecular weight is 326 g/mol. The number of nitrogens with zero attached hydrogens (tertiary/aromatic N) is 1. The van der Waals surface area contributed by atoms with Gasteiger partial charge in [-0.15, -0.1) is 0 Å². The zero-order chi connectivity index (χ0) is 16.1. The summed E-state index contributed by atoms with van der Waals surface area (Å²) < 4.78 is 5.54. The predicted octanol–water partition coefficient (Wildman–Crippen LogP) is 3.34. The topological polar surface area (TPSA) is 66.8 Å². The van der Waals surface area contributed by atoms with E-state index in [-0.39, 0.29) is 18.9 Å². The fraction of sp³-hybridized carbons (Fsp3) is 0.500. The Hall–Kier alpha value is -1.75. The minimum Gasteiger partial charge on any atom is -0.492 e. The van der Waals surface area contributed by atoms with Gasteiger partial charge >= 0.3 is 5.97 Å². The van der Waals surface area contributed by atoms with E-state index in [1.807, 2.05) is 0 Å². The van der Waals surface area contributed by atoms with Crippen molar-refractivity contribution in [1.82, 2.24) is 4.90 Å². The Bertz CT molecular complexity index is 574. The number of hydrogen-bond acceptors (Lipinski definition) is 3. The van der Waals surface area contributed by atoms with Gasteiger partial charge in [0.2, 0.25) is 0 Å². The van der Waals surface area contributed by atoms with Gasteiger partial charge in [-0.05, 0) is 25.0 Å². The van der Waals surface area contributed by atoms with Crippen LogP contribution in [0, 0.1) is 0 Å². The lowest BCUT2D eigenvalue weighted by Crippen LogP contribution is -2.24. The molecule has 6 heteroatoms. The van der Waals surface area contributed by atoms with Gasteiger partial charge in [-0.25, -0.2) is 0 Å². The summed E-state index contributed by atoms with van der Waals surface area (Å²) in [5.74, 6) is -0.320. The highest BCUT2D eigenvalue weighted by Crippen LogP contribution is 2.36. The van der Waals surface area contributed by atoms with Gasteiger partial charge in [0, 0.05) is 30.6 Å². The van der Waals surface area contributed by atoms with E-state index in [0.717, 1.165) is 24.9 Å². The maximum atomic E-state index is 12.3. The first kappa shape index (κ1) is 16.6. The lowest BCUT2D eigenvalue weighted by molar-refractivity contribution is -0.137. The largest absolute Gasteiger partial charge is 0.492 e. The molecule has 1 aliphatic rings. The summed E-state index contributed by atoms with van der Waals surface area (Å²) in [6, 6.07) is 3.42. The van der Waals surface area contributed by atoms with Crippen molar-refractivity contribution in [2.75, 3.05) is 13.2 Å². The van der Waals surface area contributed by atoms with Crippen LogP contribution in [0.1, 0.15) is 48.5 Å². The Morgan fingerprint density at radius 2 is 2.18 bits per heavy atom.